The second-order valence-corrected chi connectivity index (χ2v) is 7.42. The number of aromatic nitrogens is 2. The third-order valence-corrected chi connectivity index (χ3v) is 6.02. The fourth-order valence-corrected chi connectivity index (χ4v) is 4.86. The summed E-state index contributed by atoms with van der Waals surface area (Å²) in [5.41, 5.74) is 1.04. The van der Waals surface area contributed by atoms with Crippen LogP contribution in [0.2, 0.25) is 0 Å². The van der Waals surface area contributed by atoms with E-state index in [0.29, 0.717) is 16.2 Å². The lowest BCUT2D eigenvalue weighted by molar-refractivity contribution is 0.589. The molecule has 23 heavy (non-hydrogen) atoms. The highest BCUT2D eigenvalue weighted by molar-refractivity contribution is 7.99. The molecule has 0 spiro atoms. The lowest BCUT2D eigenvalue weighted by atomic mass is 10.4. The molecule has 0 aliphatic rings. The highest BCUT2D eigenvalue weighted by Crippen LogP contribution is 2.26. The van der Waals surface area contributed by atoms with E-state index in [4.69, 9.17) is 0 Å². The summed E-state index contributed by atoms with van der Waals surface area (Å²) in [5, 5.41) is 0.445. The Morgan fingerprint density at radius 1 is 1.09 bits per heavy atom. The van der Waals surface area contributed by atoms with Crippen LogP contribution in [0, 0.1) is 0 Å². The number of fused-ring (bicyclic) bond motifs is 1. The highest BCUT2D eigenvalue weighted by Gasteiger charge is 2.25. The molecule has 118 valence electrons. The molecule has 5 nitrogen and oxygen atoms in total. The molecular formula is C16H15N3O2S2. The molecule has 0 saturated heterocycles. The van der Waals surface area contributed by atoms with Crippen molar-refractivity contribution in [1.82, 2.24) is 9.38 Å². The Labute approximate surface area is 138 Å². The van der Waals surface area contributed by atoms with Crippen molar-refractivity contribution in [2.24, 2.45) is 4.99 Å². The minimum absolute atomic E-state index is 0.141. The summed E-state index contributed by atoms with van der Waals surface area (Å²) in [5.74, 6) is 0. The Hall–Kier alpha value is -2.12. The molecule has 0 N–H and O–H groups in total. The molecule has 0 aliphatic heterocycles. The van der Waals surface area contributed by atoms with Gasteiger partial charge in [0, 0.05) is 13.2 Å². The van der Waals surface area contributed by atoms with Crippen molar-refractivity contribution >= 4 is 27.2 Å². The molecule has 0 bridgehead atoms. The number of benzene rings is 1. The average Bonchev–Trinajstić information content (AvgIpc) is 2.60. The first-order valence-electron chi connectivity index (χ1n) is 6.88. The normalized spacial score (nSPS) is 12.7. The summed E-state index contributed by atoms with van der Waals surface area (Å²) in [6.07, 6.45) is 3.57. The van der Waals surface area contributed by atoms with Crippen LogP contribution in [0.3, 0.4) is 0 Å². The standard InChI is InChI=1S/C16H15N3O2S2/c1-17-15-14(23(20,21)12-8-4-3-5-9-12)16(22-2)18-13-10-6-7-11-19(13)15/h3-11H,1-2H3. The number of pyridine rings is 1. The largest absolute Gasteiger partial charge is 0.285 e. The second-order valence-electron chi connectivity index (χ2n) is 4.74. The summed E-state index contributed by atoms with van der Waals surface area (Å²) in [4.78, 5) is 9.09. The predicted molar refractivity (Wildman–Crippen MR) is 90.4 cm³/mol. The van der Waals surface area contributed by atoms with Crippen molar-refractivity contribution in [2.75, 3.05) is 13.3 Å². The van der Waals surface area contributed by atoms with Crippen LogP contribution in [0.25, 0.3) is 5.65 Å². The predicted octanol–water partition coefficient (Wildman–Crippen LogP) is 2.42. The molecule has 0 fully saturated rings. The van der Waals surface area contributed by atoms with Crippen LogP contribution in [0.1, 0.15) is 0 Å². The van der Waals surface area contributed by atoms with Crippen LogP contribution in [0.5, 0.6) is 0 Å². The van der Waals surface area contributed by atoms with E-state index in [9.17, 15) is 8.42 Å². The molecule has 0 radical (unpaired) electrons. The number of sulfone groups is 1. The van der Waals surface area contributed by atoms with E-state index in [1.54, 1.807) is 48.0 Å². The van der Waals surface area contributed by atoms with Crippen LogP contribution in [0.4, 0.5) is 0 Å². The molecule has 1 aromatic carbocycles. The van der Waals surface area contributed by atoms with Gasteiger partial charge in [0.1, 0.15) is 15.6 Å². The van der Waals surface area contributed by atoms with Crippen molar-refractivity contribution in [3.63, 3.8) is 0 Å². The third kappa shape index (κ3) is 2.66. The van der Waals surface area contributed by atoms with Gasteiger partial charge in [-0.05, 0) is 30.5 Å². The quantitative estimate of drug-likeness (QED) is 0.540. The Morgan fingerprint density at radius 2 is 1.78 bits per heavy atom. The smallest absolute Gasteiger partial charge is 0.212 e. The highest BCUT2D eigenvalue weighted by atomic mass is 32.2. The number of hydrogen-bond donors (Lipinski definition) is 0. The monoisotopic (exact) mass is 345 g/mol. The average molecular weight is 345 g/mol. The van der Waals surface area contributed by atoms with Gasteiger partial charge in [0.25, 0.3) is 0 Å². The number of thioether (sulfide) groups is 1. The molecule has 3 aromatic rings. The second kappa shape index (κ2) is 6.17. The van der Waals surface area contributed by atoms with Crippen LogP contribution in [-0.2, 0) is 9.84 Å². The number of nitrogens with zero attached hydrogens (tertiary/aromatic N) is 3. The molecule has 0 saturated carbocycles. The Morgan fingerprint density at radius 3 is 2.43 bits per heavy atom. The number of hydrogen-bond acceptors (Lipinski definition) is 5. The Bertz CT molecular complexity index is 1030. The van der Waals surface area contributed by atoms with Crippen molar-refractivity contribution in [2.45, 2.75) is 14.8 Å². The minimum Gasteiger partial charge on any atom is -0.285 e. The van der Waals surface area contributed by atoms with Gasteiger partial charge in [-0.15, -0.1) is 11.8 Å². The van der Waals surface area contributed by atoms with Crippen molar-refractivity contribution < 1.29 is 8.42 Å². The van der Waals surface area contributed by atoms with E-state index in [-0.39, 0.29) is 9.79 Å². The molecule has 3 rings (SSSR count). The lowest BCUT2D eigenvalue weighted by Crippen LogP contribution is -2.25. The van der Waals surface area contributed by atoms with Gasteiger partial charge in [0.2, 0.25) is 9.84 Å². The van der Waals surface area contributed by atoms with E-state index in [1.165, 1.54) is 11.8 Å². The van der Waals surface area contributed by atoms with Gasteiger partial charge < -0.3 is 0 Å². The van der Waals surface area contributed by atoms with Crippen molar-refractivity contribution in [1.29, 1.82) is 0 Å². The van der Waals surface area contributed by atoms with E-state index in [2.05, 4.69) is 9.98 Å². The summed E-state index contributed by atoms with van der Waals surface area (Å²) in [7, 11) is -2.13. The zero-order valence-corrected chi connectivity index (χ0v) is 14.3. The molecule has 0 amide bonds. The van der Waals surface area contributed by atoms with Crippen LogP contribution >= 0.6 is 11.8 Å². The van der Waals surface area contributed by atoms with E-state index >= 15 is 0 Å². The van der Waals surface area contributed by atoms with Crippen LogP contribution < -0.4 is 5.49 Å². The topological polar surface area (TPSA) is 63.8 Å². The van der Waals surface area contributed by atoms with Crippen molar-refractivity contribution in [3.05, 3.63) is 60.2 Å². The minimum atomic E-state index is -3.71. The molecule has 0 unspecified atom stereocenters. The third-order valence-electron chi connectivity index (χ3n) is 3.41. The summed E-state index contributed by atoms with van der Waals surface area (Å²) in [6.45, 7) is 0. The van der Waals surface area contributed by atoms with E-state index in [0.717, 1.165) is 0 Å². The molecule has 0 aliphatic carbocycles. The van der Waals surface area contributed by atoms with Crippen LogP contribution in [-0.4, -0.2) is 31.1 Å². The van der Waals surface area contributed by atoms with Gasteiger partial charge in [-0.2, -0.15) is 0 Å². The van der Waals surface area contributed by atoms with Gasteiger partial charge in [-0.1, -0.05) is 24.3 Å². The van der Waals surface area contributed by atoms with E-state index in [1.807, 2.05) is 24.5 Å². The zero-order valence-electron chi connectivity index (χ0n) is 12.7. The first-order chi connectivity index (χ1) is 11.1. The molecule has 7 heteroatoms. The first-order valence-corrected chi connectivity index (χ1v) is 9.58. The van der Waals surface area contributed by atoms with Gasteiger partial charge in [0.15, 0.2) is 5.49 Å². The maximum absolute atomic E-state index is 13.1. The summed E-state index contributed by atoms with van der Waals surface area (Å²) >= 11 is 1.30. The summed E-state index contributed by atoms with van der Waals surface area (Å²) in [6, 6.07) is 13.9. The van der Waals surface area contributed by atoms with Crippen molar-refractivity contribution in [3.8, 4) is 0 Å². The Kier molecular flexibility index (Phi) is 4.23. The first kappa shape index (κ1) is 15.8. The Balaban J connectivity index is 2.46. The van der Waals surface area contributed by atoms with Gasteiger partial charge in [0.05, 0.1) is 4.90 Å². The molecule has 2 heterocycles. The number of rotatable bonds is 3. The van der Waals surface area contributed by atoms with Crippen LogP contribution in [0.15, 0.2) is 74.5 Å². The zero-order chi connectivity index (χ0) is 16.4. The molecule has 2 aromatic heterocycles. The van der Waals surface area contributed by atoms with Gasteiger partial charge >= 0.3 is 0 Å². The SMILES string of the molecule is CN=c1c(S(=O)(=O)c2ccccc2)c(SC)nc2ccccn12. The lowest BCUT2D eigenvalue weighted by Gasteiger charge is -2.12. The van der Waals surface area contributed by atoms with Gasteiger partial charge in [-0.3, -0.25) is 9.39 Å². The summed E-state index contributed by atoms with van der Waals surface area (Å²) < 4.78 is 27.9. The maximum atomic E-state index is 13.1. The fourth-order valence-electron chi connectivity index (χ4n) is 2.36. The van der Waals surface area contributed by atoms with E-state index < -0.39 is 9.84 Å². The molecule has 0 atom stereocenters. The maximum Gasteiger partial charge on any atom is 0.212 e. The fraction of sp³-hybridized carbons (Fsp3) is 0.125. The molecular weight excluding hydrogens is 330 g/mol. The van der Waals surface area contributed by atoms with Gasteiger partial charge in [-0.25, -0.2) is 13.4 Å².